The van der Waals surface area contributed by atoms with Crippen molar-refractivity contribution in [3.63, 3.8) is 0 Å². The second-order valence-corrected chi connectivity index (χ2v) is 5.09. The fourth-order valence-corrected chi connectivity index (χ4v) is 2.57. The number of benzene rings is 1. The van der Waals surface area contributed by atoms with Crippen molar-refractivity contribution in [1.29, 1.82) is 0 Å². The van der Waals surface area contributed by atoms with Gasteiger partial charge in [0.2, 0.25) is 0 Å². The van der Waals surface area contributed by atoms with Crippen LogP contribution in [0.3, 0.4) is 0 Å². The van der Waals surface area contributed by atoms with Crippen molar-refractivity contribution < 1.29 is 9.53 Å². The number of rotatable bonds is 3. The SMILES string of the molecule is CC(NC(=O)c1ccc2cc[nH]c2c1)C1CCCO1. The third kappa shape index (κ3) is 2.49. The van der Waals surface area contributed by atoms with E-state index in [0.717, 1.165) is 30.4 Å². The van der Waals surface area contributed by atoms with E-state index in [4.69, 9.17) is 4.74 Å². The Labute approximate surface area is 112 Å². The summed E-state index contributed by atoms with van der Waals surface area (Å²) in [5, 5.41) is 4.13. The van der Waals surface area contributed by atoms with E-state index in [0.29, 0.717) is 5.56 Å². The highest BCUT2D eigenvalue weighted by Crippen LogP contribution is 2.17. The van der Waals surface area contributed by atoms with Crippen LogP contribution in [-0.2, 0) is 4.74 Å². The summed E-state index contributed by atoms with van der Waals surface area (Å²) in [6, 6.07) is 7.73. The molecule has 2 heterocycles. The molecule has 0 spiro atoms. The molecular weight excluding hydrogens is 240 g/mol. The van der Waals surface area contributed by atoms with Crippen LogP contribution < -0.4 is 5.32 Å². The molecule has 1 aromatic heterocycles. The van der Waals surface area contributed by atoms with Crippen LogP contribution >= 0.6 is 0 Å². The predicted octanol–water partition coefficient (Wildman–Crippen LogP) is 2.47. The molecule has 0 radical (unpaired) electrons. The average molecular weight is 258 g/mol. The van der Waals surface area contributed by atoms with Crippen LogP contribution in [0.25, 0.3) is 10.9 Å². The molecule has 1 amide bonds. The van der Waals surface area contributed by atoms with Crippen LogP contribution in [0.4, 0.5) is 0 Å². The summed E-state index contributed by atoms with van der Waals surface area (Å²) >= 11 is 0. The van der Waals surface area contributed by atoms with Crippen LogP contribution in [0, 0.1) is 0 Å². The lowest BCUT2D eigenvalue weighted by molar-refractivity contribution is 0.0712. The van der Waals surface area contributed by atoms with Crippen molar-refractivity contribution in [3.05, 3.63) is 36.0 Å². The fraction of sp³-hybridized carbons (Fsp3) is 0.400. The van der Waals surface area contributed by atoms with Gasteiger partial charge in [-0.05, 0) is 43.4 Å². The van der Waals surface area contributed by atoms with Gasteiger partial charge in [0.1, 0.15) is 0 Å². The molecule has 4 nitrogen and oxygen atoms in total. The van der Waals surface area contributed by atoms with Crippen LogP contribution in [-0.4, -0.2) is 29.6 Å². The van der Waals surface area contributed by atoms with Gasteiger partial charge in [-0.15, -0.1) is 0 Å². The van der Waals surface area contributed by atoms with Crippen molar-refractivity contribution >= 4 is 16.8 Å². The minimum atomic E-state index is -0.0421. The fourth-order valence-electron chi connectivity index (χ4n) is 2.57. The van der Waals surface area contributed by atoms with Gasteiger partial charge >= 0.3 is 0 Å². The molecule has 2 N–H and O–H groups in total. The summed E-state index contributed by atoms with van der Waals surface area (Å²) in [6.07, 6.45) is 4.13. The van der Waals surface area contributed by atoms with Gasteiger partial charge in [-0.2, -0.15) is 0 Å². The minimum Gasteiger partial charge on any atom is -0.376 e. The van der Waals surface area contributed by atoms with E-state index in [9.17, 15) is 4.79 Å². The maximum Gasteiger partial charge on any atom is 0.251 e. The Morgan fingerprint density at radius 1 is 1.47 bits per heavy atom. The van der Waals surface area contributed by atoms with Crippen LogP contribution in [0.1, 0.15) is 30.1 Å². The monoisotopic (exact) mass is 258 g/mol. The first-order chi connectivity index (χ1) is 9.24. The van der Waals surface area contributed by atoms with E-state index in [2.05, 4.69) is 10.3 Å². The number of hydrogen-bond acceptors (Lipinski definition) is 2. The van der Waals surface area contributed by atoms with Crippen molar-refractivity contribution in [1.82, 2.24) is 10.3 Å². The zero-order valence-electron chi connectivity index (χ0n) is 11.0. The summed E-state index contributed by atoms with van der Waals surface area (Å²) in [6.45, 7) is 2.81. The molecule has 1 aliphatic rings. The summed E-state index contributed by atoms with van der Waals surface area (Å²) in [4.78, 5) is 15.3. The molecule has 2 atom stereocenters. The predicted molar refractivity (Wildman–Crippen MR) is 74.2 cm³/mol. The second kappa shape index (κ2) is 5.05. The van der Waals surface area contributed by atoms with E-state index < -0.39 is 0 Å². The Morgan fingerprint density at radius 3 is 3.16 bits per heavy atom. The zero-order valence-corrected chi connectivity index (χ0v) is 11.0. The first kappa shape index (κ1) is 12.2. The van der Waals surface area contributed by atoms with E-state index in [-0.39, 0.29) is 18.1 Å². The molecule has 1 aromatic carbocycles. The number of aromatic nitrogens is 1. The van der Waals surface area contributed by atoms with Gasteiger partial charge in [-0.3, -0.25) is 4.79 Å². The number of hydrogen-bond donors (Lipinski definition) is 2. The molecule has 1 saturated heterocycles. The number of nitrogens with one attached hydrogen (secondary N) is 2. The molecule has 2 aromatic rings. The molecule has 3 rings (SSSR count). The summed E-state index contributed by atoms with van der Waals surface area (Å²) in [7, 11) is 0. The molecule has 0 aliphatic carbocycles. The Bertz CT molecular complexity index is 585. The molecule has 2 unspecified atom stereocenters. The Morgan fingerprint density at radius 2 is 2.37 bits per heavy atom. The number of amides is 1. The maximum atomic E-state index is 12.2. The zero-order chi connectivity index (χ0) is 13.2. The van der Waals surface area contributed by atoms with Crippen molar-refractivity contribution in [2.45, 2.75) is 31.9 Å². The van der Waals surface area contributed by atoms with Crippen LogP contribution in [0.15, 0.2) is 30.5 Å². The van der Waals surface area contributed by atoms with Crippen LogP contribution in [0.2, 0.25) is 0 Å². The standard InChI is InChI=1S/C15H18N2O2/c1-10(14-3-2-8-19-14)17-15(18)12-5-4-11-6-7-16-13(11)9-12/h4-7,9-10,14,16H,2-3,8H2,1H3,(H,17,18). The smallest absolute Gasteiger partial charge is 0.251 e. The van der Waals surface area contributed by atoms with Gasteiger partial charge < -0.3 is 15.0 Å². The lowest BCUT2D eigenvalue weighted by Crippen LogP contribution is -2.40. The number of carbonyl (C=O) groups is 1. The lowest BCUT2D eigenvalue weighted by Gasteiger charge is -2.20. The molecule has 100 valence electrons. The number of ether oxygens (including phenoxy) is 1. The molecule has 19 heavy (non-hydrogen) atoms. The van der Waals surface area contributed by atoms with Crippen LogP contribution in [0.5, 0.6) is 0 Å². The lowest BCUT2D eigenvalue weighted by atomic mass is 10.1. The summed E-state index contributed by atoms with van der Waals surface area (Å²) < 4.78 is 5.59. The van der Waals surface area contributed by atoms with E-state index in [1.807, 2.05) is 37.4 Å². The molecule has 1 fully saturated rings. The minimum absolute atomic E-state index is 0.0421. The van der Waals surface area contributed by atoms with Gasteiger partial charge in [0.05, 0.1) is 12.1 Å². The van der Waals surface area contributed by atoms with Gasteiger partial charge in [0.15, 0.2) is 0 Å². The molecule has 0 bridgehead atoms. The van der Waals surface area contributed by atoms with E-state index in [1.54, 1.807) is 0 Å². The highest BCUT2D eigenvalue weighted by atomic mass is 16.5. The number of aromatic amines is 1. The van der Waals surface area contributed by atoms with Gasteiger partial charge in [-0.25, -0.2) is 0 Å². The van der Waals surface area contributed by atoms with Crippen molar-refractivity contribution in [2.24, 2.45) is 0 Å². The molecular formula is C15H18N2O2. The Kier molecular flexibility index (Phi) is 3.25. The van der Waals surface area contributed by atoms with Crippen molar-refractivity contribution in [2.75, 3.05) is 6.61 Å². The summed E-state index contributed by atoms with van der Waals surface area (Å²) in [5.74, 6) is -0.0421. The summed E-state index contributed by atoms with van der Waals surface area (Å²) in [5.41, 5.74) is 1.66. The molecule has 1 aliphatic heterocycles. The topological polar surface area (TPSA) is 54.1 Å². The maximum absolute atomic E-state index is 12.2. The largest absolute Gasteiger partial charge is 0.376 e. The second-order valence-electron chi connectivity index (χ2n) is 5.09. The number of carbonyl (C=O) groups excluding carboxylic acids is 1. The number of H-pyrrole nitrogens is 1. The van der Waals surface area contributed by atoms with E-state index >= 15 is 0 Å². The number of fused-ring (bicyclic) bond motifs is 1. The van der Waals surface area contributed by atoms with Gasteiger partial charge in [-0.1, -0.05) is 6.07 Å². The highest BCUT2D eigenvalue weighted by Gasteiger charge is 2.23. The third-order valence-electron chi connectivity index (χ3n) is 3.70. The molecule has 4 heteroatoms. The van der Waals surface area contributed by atoms with Gasteiger partial charge in [0, 0.05) is 23.9 Å². The first-order valence-electron chi connectivity index (χ1n) is 6.73. The average Bonchev–Trinajstić information content (AvgIpc) is 3.09. The van der Waals surface area contributed by atoms with Crippen molar-refractivity contribution in [3.8, 4) is 0 Å². The first-order valence-corrected chi connectivity index (χ1v) is 6.73. The normalized spacial score (nSPS) is 20.6. The Balaban J connectivity index is 1.71. The van der Waals surface area contributed by atoms with Gasteiger partial charge in [0.25, 0.3) is 5.91 Å². The third-order valence-corrected chi connectivity index (χ3v) is 3.70. The quantitative estimate of drug-likeness (QED) is 0.888. The molecule has 0 saturated carbocycles. The Hall–Kier alpha value is -1.81. The van der Waals surface area contributed by atoms with E-state index in [1.165, 1.54) is 0 Å². The highest BCUT2D eigenvalue weighted by molar-refractivity contribution is 5.98.